The molecule has 0 aliphatic carbocycles. The highest BCUT2D eigenvalue weighted by Crippen LogP contribution is 2.22. The summed E-state index contributed by atoms with van der Waals surface area (Å²) in [7, 11) is 0. The zero-order chi connectivity index (χ0) is 13.8. The lowest BCUT2D eigenvalue weighted by molar-refractivity contribution is 0.102. The monoisotopic (exact) mass is 296 g/mol. The molecule has 0 spiro atoms. The van der Waals surface area contributed by atoms with Crippen molar-refractivity contribution in [3.05, 3.63) is 52.3 Å². The van der Waals surface area contributed by atoms with Crippen LogP contribution in [0, 0.1) is 0 Å². The minimum absolute atomic E-state index is 0.228. The highest BCUT2D eigenvalue weighted by Gasteiger charge is 2.09. The molecule has 1 heterocycles. The molecule has 0 bridgehead atoms. The number of rotatable bonds is 3. The summed E-state index contributed by atoms with van der Waals surface area (Å²) < 4.78 is 0. The molecule has 0 unspecified atom stereocenters. The Kier molecular flexibility index (Phi) is 4.21. The summed E-state index contributed by atoms with van der Waals surface area (Å²) in [6, 6.07) is 7.94. The maximum absolute atomic E-state index is 12.0. The third kappa shape index (κ3) is 3.57. The van der Waals surface area contributed by atoms with Gasteiger partial charge in [0, 0.05) is 21.9 Å². The van der Waals surface area contributed by atoms with Crippen LogP contribution in [-0.2, 0) is 0 Å². The predicted octanol–water partition coefficient (Wildman–Crippen LogP) is 2.93. The van der Waals surface area contributed by atoms with E-state index in [9.17, 15) is 4.79 Å². The van der Waals surface area contributed by atoms with E-state index in [1.54, 1.807) is 24.3 Å². The van der Waals surface area contributed by atoms with Crippen molar-refractivity contribution < 1.29 is 4.79 Å². The fourth-order valence-electron chi connectivity index (χ4n) is 1.47. The smallest absolute Gasteiger partial charge is 0.274 e. The number of halogens is 2. The number of nitrogens with zero attached hydrogens (tertiary/aromatic N) is 1. The van der Waals surface area contributed by atoms with Crippen LogP contribution >= 0.6 is 23.2 Å². The Labute approximate surface area is 119 Å². The molecule has 1 amide bonds. The molecule has 0 aliphatic rings. The number of nitrogens with two attached hydrogens (primary N) is 1. The SMILES string of the molecule is NNc1ccnc(C(=O)Nc2cc(Cl)cc(Cl)c2)c1. The zero-order valence-electron chi connectivity index (χ0n) is 9.65. The van der Waals surface area contributed by atoms with Gasteiger partial charge in [-0.3, -0.25) is 15.6 Å². The van der Waals surface area contributed by atoms with Crippen LogP contribution < -0.4 is 16.6 Å². The molecule has 0 saturated heterocycles. The summed E-state index contributed by atoms with van der Waals surface area (Å²) in [4.78, 5) is 15.9. The average molecular weight is 297 g/mol. The number of carbonyl (C=O) groups excluding carboxylic acids is 1. The number of nitrogen functional groups attached to an aromatic ring is 1. The molecule has 1 aromatic carbocycles. The first-order valence-electron chi connectivity index (χ1n) is 5.28. The molecule has 0 saturated carbocycles. The molecular weight excluding hydrogens is 287 g/mol. The van der Waals surface area contributed by atoms with Crippen LogP contribution in [0.3, 0.4) is 0 Å². The van der Waals surface area contributed by atoms with Gasteiger partial charge in [-0.1, -0.05) is 23.2 Å². The van der Waals surface area contributed by atoms with Gasteiger partial charge >= 0.3 is 0 Å². The maximum atomic E-state index is 12.0. The maximum Gasteiger partial charge on any atom is 0.274 e. The van der Waals surface area contributed by atoms with Gasteiger partial charge in [-0.2, -0.15) is 0 Å². The van der Waals surface area contributed by atoms with Crippen LogP contribution in [0.2, 0.25) is 10.0 Å². The van der Waals surface area contributed by atoms with E-state index in [4.69, 9.17) is 29.0 Å². The van der Waals surface area contributed by atoms with Crippen LogP contribution in [0.1, 0.15) is 10.5 Å². The van der Waals surface area contributed by atoms with Gasteiger partial charge in [0.25, 0.3) is 5.91 Å². The third-order valence-corrected chi connectivity index (χ3v) is 2.72. The first kappa shape index (κ1) is 13.6. The molecule has 98 valence electrons. The second-order valence-electron chi connectivity index (χ2n) is 3.69. The van der Waals surface area contributed by atoms with E-state index in [1.807, 2.05) is 0 Å². The van der Waals surface area contributed by atoms with E-state index in [1.165, 1.54) is 12.3 Å². The highest BCUT2D eigenvalue weighted by atomic mass is 35.5. The van der Waals surface area contributed by atoms with Crippen LogP contribution in [0.5, 0.6) is 0 Å². The summed E-state index contributed by atoms with van der Waals surface area (Å²) >= 11 is 11.7. The Bertz CT molecular complexity index is 598. The Balaban J connectivity index is 2.20. The lowest BCUT2D eigenvalue weighted by Gasteiger charge is -2.07. The van der Waals surface area contributed by atoms with Crippen molar-refractivity contribution in [2.24, 2.45) is 5.84 Å². The van der Waals surface area contributed by atoms with Gasteiger partial charge in [-0.25, -0.2) is 0 Å². The molecule has 19 heavy (non-hydrogen) atoms. The van der Waals surface area contributed by atoms with Crippen molar-refractivity contribution in [1.82, 2.24) is 4.98 Å². The van der Waals surface area contributed by atoms with Crippen molar-refractivity contribution in [2.75, 3.05) is 10.7 Å². The number of hydrogen-bond donors (Lipinski definition) is 3. The average Bonchev–Trinajstić information content (AvgIpc) is 2.37. The minimum Gasteiger partial charge on any atom is -0.324 e. The van der Waals surface area contributed by atoms with Crippen molar-refractivity contribution in [3.8, 4) is 0 Å². The normalized spacial score (nSPS) is 10.1. The summed E-state index contributed by atoms with van der Waals surface area (Å²) in [5.41, 5.74) is 3.75. The first-order chi connectivity index (χ1) is 9.08. The first-order valence-corrected chi connectivity index (χ1v) is 6.04. The number of carbonyl (C=O) groups is 1. The molecule has 5 nitrogen and oxygen atoms in total. The molecule has 0 aliphatic heterocycles. The van der Waals surface area contributed by atoms with Gasteiger partial charge in [0.1, 0.15) is 5.69 Å². The number of benzene rings is 1. The summed E-state index contributed by atoms with van der Waals surface area (Å²) in [5.74, 6) is 4.89. The number of amides is 1. The van der Waals surface area contributed by atoms with Gasteiger partial charge in [-0.15, -0.1) is 0 Å². The second-order valence-corrected chi connectivity index (χ2v) is 4.56. The minimum atomic E-state index is -0.379. The van der Waals surface area contributed by atoms with Crippen molar-refractivity contribution in [1.29, 1.82) is 0 Å². The van der Waals surface area contributed by atoms with Crippen LogP contribution in [-0.4, -0.2) is 10.9 Å². The van der Waals surface area contributed by atoms with E-state index >= 15 is 0 Å². The van der Waals surface area contributed by atoms with Crippen molar-refractivity contribution in [3.63, 3.8) is 0 Å². The van der Waals surface area contributed by atoms with E-state index in [2.05, 4.69) is 15.7 Å². The van der Waals surface area contributed by atoms with E-state index in [0.29, 0.717) is 21.4 Å². The molecule has 2 aromatic rings. The van der Waals surface area contributed by atoms with Gasteiger partial charge in [0.05, 0.1) is 5.69 Å². The number of aromatic nitrogens is 1. The largest absolute Gasteiger partial charge is 0.324 e. The lowest BCUT2D eigenvalue weighted by Crippen LogP contribution is -2.15. The number of hydrogen-bond acceptors (Lipinski definition) is 4. The fourth-order valence-corrected chi connectivity index (χ4v) is 1.99. The highest BCUT2D eigenvalue weighted by molar-refractivity contribution is 6.35. The number of hydrazine groups is 1. The van der Waals surface area contributed by atoms with Crippen molar-refractivity contribution in [2.45, 2.75) is 0 Å². The lowest BCUT2D eigenvalue weighted by atomic mass is 10.2. The van der Waals surface area contributed by atoms with E-state index in [-0.39, 0.29) is 11.6 Å². The molecular formula is C12H10Cl2N4O. The molecule has 4 N–H and O–H groups in total. The van der Waals surface area contributed by atoms with Gasteiger partial charge < -0.3 is 10.7 Å². The Morgan fingerprint density at radius 2 is 1.79 bits per heavy atom. The molecule has 0 radical (unpaired) electrons. The van der Waals surface area contributed by atoms with Crippen LogP contribution in [0.4, 0.5) is 11.4 Å². The molecule has 0 atom stereocenters. The van der Waals surface area contributed by atoms with E-state index in [0.717, 1.165) is 0 Å². The van der Waals surface area contributed by atoms with Gasteiger partial charge in [0.15, 0.2) is 0 Å². The zero-order valence-corrected chi connectivity index (χ0v) is 11.2. The van der Waals surface area contributed by atoms with Crippen LogP contribution in [0.25, 0.3) is 0 Å². The second kappa shape index (κ2) is 5.88. The van der Waals surface area contributed by atoms with E-state index < -0.39 is 0 Å². The summed E-state index contributed by atoms with van der Waals surface area (Å²) in [6.45, 7) is 0. The number of nitrogens with one attached hydrogen (secondary N) is 2. The summed E-state index contributed by atoms with van der Waals surface area (Å²) in [6.07, 6.45) is 1.48. The predicted molar refractivity (Wildman–Crippen MR) is 76.5 cm³/mol. The molecule has 1 aromatic heterocycles. The van der Waals surface area contributed by atoms with Gasteiger partial charge in [0.2, 0.25) is 0 Å². The Morgan fingerprint density at radius 3 is 2.42 bits per heavy atom. The Morgan fingerprint density at radius 1 is 1.11 bits per heavy atom. The fraction of sp³-hybridized carbons (Fsp3) is 0. The molecule has 0 fully saturated rings. The number of anilines is 2. The Hall–Kier alpha value is -1.82. The van der Waals surface area contributed by atoms with Gasteiger partial charge in [-0.05, 0) is 30.3 Å². The quantitative estimate of drug-likeness (QED) is 0.601. The standard InChI is InChI=1S/C12H10Cl2N4O/c13-7-3-8(14)5-10(4-7)17-12(19)11-6-9(18-15)1-2-16-11/h1-6H,15H2,(H,16,18)(H,17,19). The topological polar surface area (TPSA) is 80.0 Å². The number of pyridine rings is 1. The summed E-state index contributed by atoms with van der Waals surface area (Å²) in [5, 5.41) is 3.53. The van der Waals surface area contributed by atoms with Crippen LogP contribution in [0.15, 0.2) is 36.5 Å². The van der Waals surface area contributed by atoms with Crippen molar-refractivity contribution >= 4 is 40.5 Å². The third-order valence-electron chi connectivity index (χ3n) is 2.28. The molecule has 2 rings (SSSR count). The molecule has 7 heteroatoms.